The van der Waals surface area contributed by atoms with Crippen LogP contribution in [0.1, 0.15) is 0 Å². The molecule has 1 heterocycles. The summed E-state index contributed by atoms with van der Waals surface area (Å²) in [5.41, 5.74) is 0. The molecule has 0 radical (unpaired) electrons. The Morgan fingerprint density at radius 2 is 2.25 bits per heavy atom. The fraction of sp³-hybridized carbons (Fsp3) is 0.333. The van der Waals surface area contributed by atoms with Crippen LogP contribution in [0.15, 0.2) is 17.5 Å². The molecule has 0 saturated heterocycles. The Bertz CT molecular complexity index is 144. The van der Waals surface area contributed by atoms with Crippen LogP contribution in [0.5, 0.6) is 0 Å². The average molecular weight is 233 g/mol. The van der Waals surface area contributed by atoms with Gasteiger partial charge in [-0.15, -0.1) is 0 Å². The van der Waals surface area contributed by atoms with Crippen molar-refractivity contribution in [1.82, 2.24) is 0 Å². The summed E-state index contributed by atoms with van der Waals surface area (Å²) in [5.74, 6) is 0. The summed E-state index contributed by atoms with van der Waals surface area (Å²) in [6, 6.07) is 4.42. The summed E-state index contributed by atoms with van der Waals surface area (Å²) in [6.07, 6.45) is 0. The molecule has 0 bridgehead atoms. The molecule has 8 heavy (non-hydrogen) atoms. The van der Waals surface area contributed by atoms with Gasteiger partial charge in [-0.3, -0.25) is 0 Å². The van der Waals surface area contributed by atoms with E-state index in [1.165, 1.54) is 0 Å². The maximum absolute atomic E-state index is 2.42. The summed E-state index contributed by atoms with van der Waals surface area (Å²) < 4.78 is 1.69. The topological polar surface area (TPSA) is 0 Å². The van der Waals surface area contributed by atoms with Crippen LogP contribution < -0.4 is 2.89 Å². The SMILES string of the molecule is [CH3][SnH]([CH3])[c]1cccs1. The molecule has 0 nitrogen and oxygen atoms in total. The summed E-state index contributed by atoms with van der Waals surface area (Å²) >= 11 is 0.866. The van der Waals surface area contributed by atoms with E-state index in [1.807, 2.05) is 11.3 Å². The molecule has 0 aliphatic rings. The van der Waals surface area contributed by atoms with Gasteiger partial charge in [0.25, 0.3) is 0 Å². The van der Waals surface area contributed by atoms with Gasteiger partial charge in [0, 0.05) is 0 Å². The van der Waals surface area contributed by atoms with E-state index >= 15 is 0 Å². The molecule has 0 fully saturated rings. The first-order valence-corrected chi connectivity index (χ1v) is 12.0. The van der Waals surface area contributed by atoms with E-state index in [4.69, 9.17) is 0 Å². The van der Waals surface area contributed by atoms with Crippen molar-refractivity contribution in [2.24, 2.45) is 0 Å². The third-order valence-corrected chi connectivity index (χ3v) is 9.94. The fourth-order valence-electron chi connectivity index (χ4n) is 0.620. The van der Waals surface area contributed by atoms with E-state index in [-0.39, 0.29) is 0 Å². The molecule has 0 saturated carbocycles. The van der Waals surface area contributed by atoms with Crippen molar-refractivity contribution in [3.8, 4) is 0 Å². The molecular weight excluding hydrogens is 223 g/mol. The normalized spacial score (nSPS) is 10.4. The molecule has 0 spiro atoms. The first-order valence-electron chi connectivity index (χ1n) is 2.84. The number of rotatable bonds is 1. The van der Waals surface area contributed by atoms with E-state index in [9.17, 15) is 0 Å². The van der Waals surface area contributed by atoms with Gasteiger partial charge in [-0.1, -0.05) is 0 Å². The molecule has 2 heteroatoms. The Kier molecular flexibility index (Phi) is 2.38. The van der Waals surface area contributed by atoms with E-state index < -0.39 is 19.8 Å². The van der Waals surface area contributed by atoms with Gasteiger partial charge in [0.2, 0.25) is 0 Å². The molecule has 1 aromatic rings. The zero-order valence-electron chi connectivity index (χ0n) is 5.22. The average Bonchev–Trinajstić information content (AvgIpc) is 2.12. The predicted octanol–water partition coefficient (Wildman–Crippen LogP) is 1.44. The van der Waals surface area contributed by atoms with Gasteiger partial charge in [-0.2, -0.15) is 0 Å². The van der Waals surface area contributed by atoms with Crippen LogP contribution >= 0.6 is 11.3 Å². The van der Waals surface area contributed by atoms with Gasteiger partial charge in [0.15, 0.2) is 0 Å². The summed E-state index contributed by atoms with van der Waals surface area (Å²) in [5, 5.41) is 2.17. The standard InChI is InChI=1S/C4H3S.2CH3.Sn.H/c1-2-4-5-3-1;;;;/h1-3H;2*1H3;;. The zero-order valence-corrected chi connectivity index (χ0v) is 9.33. The first-order chi connectivity index (χ1) is 3.80. The Morgan fingerprint density at radius 3 is 2.50 bits per heavy atom. The Morgan fingerprint density at radius 1 is 1.50 bits per heavy atom. The van der Waals surface area contributed by atoms with Crippen LogP contribution in [-0.2, 0) is 0 Å². The zero-order chi connectivity index (χ0) is 5.98. The van der Waals surface area contributed by atoms with Gasteiger partial charge in [-0.25, -0.2) is 0 Å². The van der Waals surface area contributed by atoms with Gasteiger partial charge >= 0.3 is 61.4 Å². The Labute approximate surface area is 61.3 Å². The van der Waals surface area contributed by atoms with Crippen molar-refractivity contribution in [3.05, 3.63) is 17.5 Å². The maximum atomic E-state index is 2.42. The summed E-state index contributed by atoms with van der Waals surface area (Å²) in [7, 11) is 0. The molecule has 1 rings (SSSR count). The Hall–Kier alpha value is 0.499. The second kappa shape index (κ2) is 2.87. The summed E-state index contributed by atoms with van der Waals surface area (Å²) in [4.78, 5) is 4.85. The van der Waals surface area contributed by atoms with Crippen LogP contribution in [0.4, 0.5) is 0 Å². The van der Waals surface area contributed by atoms with Crippen LogP contribution in [0.2, 0.25) is 9.88 Å². The van der Waals surface area contributed by atoms with E-state index in [0.29, 0.717) is 0 Å². The molecule has 0 aromatic carbocycles. The third-order valence-electron chi connectivity index (χ3n) is 1.11. The molecule has 0 atom stereocenters. The van der Waals surface area contributed by atoms with Gasteiger partial charge in [0.05, 0.1) is 0 Å². The molecule has 0 unspecified atom stereocenters. The van der Waals surface area contributed by atoms with Crippen molar-refractivity contribution in [2.75, 3.05) is 0 Å². The minimum absolute atomic E-state index is 1.06. The molecule has 0 aliphatic carbocycles. The van der Waals surface area contributed by atoms with Crippen LogP contribution in [0.3, 0.4) is 0 Å². The van der Waals surface area contributed by atoms with Crippen molar-refractivity contribution in [1.29, 1.82) is 0 Å². The molecule has 44 valence electrons. The van der Waals surface area contributed by atoms with Crippen molar-refractivity contribution in [3.63, 3.8) is 0 Å². The third kappa shape index (κ3) is 1.49. The number of hydrogen-bond acceptors (Lipinski definition) is 1. The van der Waals surface area contributed by atoms with E-state index in [0.717, 1.165) is 0 Å². The summed E-state index contributed by atoms with van der Waals surface area (Å²) in [6.45, 7) is 0. The second-order valence-electron chi connectivity index (χ2n) is 2.17. The molecule has 1 aromatic heterocycles. The first kappa shape index (κ1) is 6.62. The van der Waals surface area contributed by atoms with Gasteiger partial charge in [0.1, 0.15) is 0 Å². The predicted molar refractivity (Wildman–Crippen MR) is 42.8 cm³/mol. The van der Waals surface area contributed by atoms with Gasteiger partial charge < -0.3 is 0 Å². The molecule has 0 N–H and O–H groups in total. The van der Waals surface area contributed by atoms with Crippen molar-refractivity contribution < 1.29 is 0 Å². The van der Waals surface area contributed by atoms with Crippen LogP contribution in [0, 0.1) is 0 Å². The molecular formula is C6H10SSn. The van der Waals surface area contributed by atoms with Gasteiger partial charge in [-0.05, 0) is 0 Å². The van der Waals surface area contributed by atoms with Crippen molar-refractivity contribution in [2.45, 2.75) is 9.88 Å². The number of hydrogen-bond donors (Lipinski definition) is 0. The van der Waals surface area contributed by atoms with E-state index in [2.05, 4.69) is 27.4 Å². The van der Waals surface area contributed by atoms with Crippen LogP contribution in [-0.4, -0.2) is 19.8 Å². The Balaban J connectivity index is 2.77. The molecule has 0 aliphatic heterocycles. The second-order valence-corrected chi connectivity index (χ2v) is 12.7. The van der Waals surface area contributed by atoms with Crippen LogP contribution in [0.25, 0.3) is 0 Å². The van der Waals surface area contributed by atoms with Crippen molar-refractivity contribution >= 4 is 34.0 Å². The quantitative estimate of drug-likeness (QED) is 0.644. The van der Waals surface area contributed by atoms with E-state index in [1.54, 1.807) is 2.89 Å². The minimum atomic E-state index is -1.06. The fourth-order valence-corrected chi connectivity index (χ4v) is 5.78. The molecule has 0 amide bonds. The monoisotopic (exact) mass is 234 g/mol. The number of thiophene rings is 1.